The molecule has 0 heterocycles. The summed E-state index contributed by atoms with van der Waals surface area (Å²) in [6.45, 7) is 0. The molecule has 110 valence electrons. The largest absolute Gasteiger partial charge is 1.00 e. The molecule has 0 bridgehead atoms. The van der Waals surface area contributed by atoms with Crippen molar-refractivity contribution in [3.8, 4) is 0 Å². The van der Waals surface area contributed by atoms with Crippen molar-refractivity contribution in [1.82, 2.24) is 5.20 Å². The average Bonchev–Trinajstić information content (AvgIpc) is 2.13. The van der Waals surface area contributed by atoms with Crippen molar-refractivity contribution in [2.45, 2.75) is 0 Å². The Hall–Kier alpha value is 0.0200. The predicted molar refractivity (Wildman–Crippen MR) is 74.6 cm³/mol. The van der Waals surface area contributed by atoms with Crippen LogP contribution in [0.4, 0.5) is 0 Å². The fourth-order valence-corrected chi connectivity index (χ4v) is 3.95. The predicted octanol–water partition coefficient (Wildman–Crippen LogP) is -2.46. The molecule has 0 aliphatic rings. The van der Waals surface area contributed by atoms with Crippen LogP contribution in [0.25, 0.3) is 0 Å². The van der Waals surface area contributed by atoms with Gasteiger partial charge in [-0.1, -0.05) is 35.2 Å². The van der Waals surface area contributed by atoms with E-state index in [1.54, 1.807) is 0 Å². The molecule has 1 N–H and O–H groups in total. The zero-order valence-corrected chi connectivity index (χ0v) is 15.5. The van der Waals surface area contributed by atoms with E-state index in [4.69, 9.17) is 0 Å². The maximum absolute atomic E-state index is 13.1. The molecule has 0 aliphatic heterocycles. The van der Waals surface area contributed by atoms with Gasteiger partial charge in [-0.05, 0) is 0 Å². The summed E-state index contributed by atoms with van der Waals surface area (Å²) in [4.78, 5) is 17.6. The maximum atomic E-state index is 13.1. The second-order valence-electron chi connectivity index (χ2n) is 6.06. The second-order valence-corrected chi connectivity index (χ2v) is 8.10. The van der Waals surface area contributed by atoms with E-state index in [-0.39, 0.29) is 24.0 Å². The van der Waals surface area contributed by atoms with Gasteiger partial charge >= 0.3 is 0 Å². The van der Waals surface area contributed by atoms with E-state index in [1.807, 2.05) is 72.6 Å². The minimum absolute atomic E-state index is 0. The summed E-state index contributed by atoms with van der Waals surface area (Å²) in [6.07, 6.45) is 0. The molecule has 1 aromatic carbocycles. The second kappa shape index (κ2) is 6.65. The van der Waals surface area contributed by atoms with Gasteiger partial charge in [-0.3, -0.25) is 0 Å². The summed E-state index contributed by atoms with van der Waals surface area (Å²) in [5.74, 6) is 0. The lowest BCUT2D eigenvalue weighted by molar-refractivity contribution is -0.905. The first-order valence-corrected chi connectivity index (χ1v) is 7.51. The molecule has 1 rings (SSSR count). The average molecular weight is 398 g/mol. The van der Waals surface area contributed by atoms with Gasteiger partial charge < -0.3 is 28.9 Å². The van der Waals surface area contributed by atoms with Gasteiger partial charge in [-0.2, -0.15) is 0 Å². The molecule has 0 spiro atoms. The molecule has 1 aromatic rings. The van der Waals surface area contributed by atoms with E-state index in [1.165, 1.54) is 0 Å². The highest BCUT2D eigenvalue weighted by Crippen LogP contribution is 2.36. The highest BCUT2D eigenvalue weighted by Gasteiger charge is 2.22. The lowest BCUT2D eigenvalue weighted by Gasteiger charge is -2.38. The van der Waals surface area contributed by atoms with Gasteiger partial charge in [0.25, 0.3) is 0 Å². The molecule has 0 aliphatic carbocycles. The molecule has 0 aromatic heterocycles. The van der Waals surface area contributed by atoms with E-state index >= 15 is 0 Å². The van der Waals surface area contributed by atoms with Crippen molar-refractivity contribution < 1.29 is 38.1 Å². The van der Waals surface area contributed by atoms with Crippen molar-refractivity contribution in [3.63, 3.8) is 0 Å². The van der Waals surface area contributed by atoms with Crippen LogP contribution in [0.1, 0.15) is 0 Å². The van der Waals surface area contributed by atoms with Crippen molar-refractivity contribution >= 4 is 12.7 Å². The Balaban J connectivity index is 0.00000324. The van der Waals surface area contributed by atoms with Gasteiger partial charge in [0.1, 0.15) is 0 Å². The number of nitrogens with one attached hydrogen (secondary N) is 1. The van der Waals surface area contributed by atoms with Crippen molar-refractivity contribution in [3.05, 3.63) is 30.3 Å². The third-order valence-electron chi connectivity index (χ3n) is 1.94. The summed E-state index contributed by atoms with van der Waals surface area (Å²) < 4.78 is 0.675. The fraction of sp³-hybridized carbons (Fsp3) is 0.500. The van der Waals surface area contributed by atoms with Crippen LogP contribution >= 0.6 is 7.43 Å². The summed E-state index contributed by atoms with van der Waals surface area (Å²) in [5.41, 5.74) is 0. The van der Waals surface area contributed by atoms with E-state index in [0.717, 1.165) is 5.30 Å². The number of nitrogens with zero attached hydrogens (tertiary/aromatic N) is 3. The Kier molecular flexibility index (Phi) is 6.66. The Bertz CT molecular complexity index is 451. The van der Waals surface area contributed by atoms with Crippen molar-refractivity contribution in [2.24, 2.45) is 4.85 Å². The van der Waals surface area contributed by atoms with Gasteiger partial charge in [0.2, 0.25) is 0 Å². The maximum Gasteiger partial charge on any atom is 0.0977 e. The van der Waals surface area contributed by atoms with Gasteiger partial charge in [0, 0.05) is 5.30 Å². The molecule has 0 radical (unpaired) electrons. The van der Waals surface area contributed by atoms with E-state index in [2.05, 4.69) is 10.1 Å². The van der Waals surface area contributed by atoms with Crippen LogP contribution < -0.4 is 39.4 Å². The van der Waals surface area contributed by atoms with Crippen LogP contribution in [-0.2, 0) is 0 Å². The Morgan fingerprint density at radius 3 is 1.84 bits per heavy atom. The number of hydrogen-bond donors (Lipinski definition) is 1. The van der Waals surface area contributed by atoms with Gasteiger partial charge in [-0.25, -0.2) is 9.18 Å². The first-order valence-electron chi connectivity index (χ1n) is 5.85. The first kappa shape index (κ1) is 19.0. The van der Waals surface area contributed by atoms with Crippen molar-refractivity contribution in [1.29, 1.82) is 0 Å². The van der Waals surface area contributed by atoms with E-state index in [0.29, 0.717) is 9.18 Å². The molecule has 0 fully saturated rings. The quantitative estimate of drug-likeness (QED) is 0.265. The molecule has 7 heteroatoms. The van der Waals surface area contributed by atoms with Crippen molar-refractivity contribution in [2.75, 3.05) is 42.3 Å². The lowest BCUT2D eigenvalue weighted by atomic mass is 10.4. The molecule has 5 nitrogen and oxygen atoms in total. The van der Waals surface area contributed by atoms with Crippen LogP contribution in [0.2, 0.25) is 0 Å². The van der Waals surface area contributed by atoms with Crippen LogP contribution in [0.15, 0.2) is 35.2 Å². The Morgan fingerprint density at radius 1 is 1.00 bits per heavy atom. The van der Waals surface area contributed by atoms with Gasteiger partial charge in [0.05, 0.1) is 49.7 Å². The van der Waals surface area contributed by atoms with Gasteiger partial charge in [0.15, 0.2) is 0 Å². The summed E-state index contributed by atoms with van der Waals surface area (Å²) in [6, 6.07) is 9.37. The molecule has 0 saturated carbocycles. The van der Waals surface area contributed by atoms with Crippen LogP contribution in [0.5, 0.6) is 0 Å². The van der Waals surface area contributed by atoms with E-state index < -0.39 is 7.43 Å². The third kappa shape index (κ3) is 6.83. The summed E-state index contributed by atoms with van der Waals surface area (Å²) >= 11 is 0. The molecule has 1 unspecified atom stereocenters. The van der Waals surface area contributed by atoms with Gasteiger partial charge in [-0.15, -0.1) is 5.20 Å². The first-order chi connectivity index (χ1) is 8.02. The fourth-order valence-electron chi connectivity index (χ4n) is 1.54. The zero-order chi connectivity index (χ0) is 14.0. The number of rotatable bonds is 4. The minimum Gasteiger partial charge on any atom is -1.00 e. The number of halogens is 1. The molecular weight excluding hydrogens is 374 g/mol. The zero-order valence-electron chi connectivity index (χ0n) is 12.5. The minimum atomic E-state index is -3.00. The third-order valence-corrected chi connectivity index (χ3v) is 4.59. The van der Waals surface area contributed by atoms with E-state index in [9.17, 15) is 4.89 Å². The highest BCUT2D eigenvalue weighted by atomic mass is 127. The standard InChI is InChI=1S/C12H24N4OP.HI/c1-15(2,3)13-18(17,14-16(4,5)6)12-10-8-7-9-11-12;/h7-11,13H,1-6H3;1H/q+1;/p-1. The highest BCUT2D eigenvalue weighted by molar-refractivity contribution is 7.64. The lowest BCUT2D eigenvalue weighted by Crippen LogP contribution is -3.00. The van der Waals surface area contributed by atoms with Crippen LogP contribution in [0, 0.1) is 0 Å². The molecule has 19 heavy (non-hydrogen) atoms. The smallest absolute Gasteiger partial charge is 0.0977 e. The van der Waals surface area contributed by atoms with Crippen LogP contribution in [-0.4, -0.2) is 51.5 Å². The number of quaternary nitrogens is 2. The molecule has 0 amide bonds. The molecule has 1 atom stereocenters. The molecular formula is C12H24IN4OP. The number of hydrogen-bond acceptors (Lipinski definition) is 2. The topological polar surface area (TPSA) is 47.5 Å². The normalized spacial score (nSPS) is 15.3. The number of benzene rings is 1. The Labute approximate surface area is 133 Å². The Morgan fingerprint density at radius 2 is 1.47 bits per heavy atom. The summed E-state index contributed by atoms with van der Waals surface area (Å²) in [7, 11) is 8.49. The SMILES string of the molecule is C[N+](C)(C)N=P([O-])(N[N+](C)(C)C)c1ccccc1.[I-]. The summed E-state index contributed by atoms with van der Waals surface area (Å²) in [5, 5.41) is 3.84. The van der Waals surface area contributed by atoms with Crippen LogP contribution in [0.3, 0.4) is 0 Å². The molecule has 0 saturated heterocycles. The monoisotopic (exact) mass is 398 g/mol.